The van der Waals surface area contributed by atoms with Crippen LogP contribution < -0.4 is 21.1 Å². The van der Waals surface area contributed by atoms with Crippen LogP contribution in [-0.2, 0) is 9.59 Å². The third kappa shape index (κ3) is 5.29. The molecular weight excluding hydrogens is 337 g/mol. The van der Waals surface area contributed by atoms with Crippen LogP contribution in [0, 0.1) is 11.7 Å². The van der Waals surface area contributed by atoms with Gasteiger partial charge in [0.1, 0.15) is 11.4 Å². The lowest BCUT2D eigenvalue weighted by molar-refractivity contribution is -0.125. The smallest absolute Gasteiger partial charge is 0.243 e. The number of halogens is 1. The number of para-hydroxylation sites is 2. The number of benzene rings is 2. The van der Waals surface area contributed by atoms with Crippen LogP contribution in [-0.4, -0.2) is 24.4 Å². The summed E-state index contributed by atoms with van der Waals surface area (Å²) in [6.45, 7) is 3.28. The number of hydrogen-bond acceptors (Lipinski definition) is 4. The molecule has 1 atom stereocenters. The van der Waals surface area contributed by atoms with Crippen LogP contribution in [0.4, 0.5) is 10.1 Å². The first-order chi connectivity index (χ1) is 12.4. The monoisotopic (exact) mass is 359 g/mol. The molecule has 0 bridgehead atoms. The van der Waals surface area contributed by atoms with Crippen molar-refractivity contribution in [2.45, 2.75) is 19.9 Å². The summed E-state index contributed by atoms with van der Waals surface area (Å²) in [5.74, 6) is -1.06. The predicted octanol–water partition coefficient (Wildman–Crippen LogP) is 2.66. The lowest BCUT2D eigenvalue weighted by atomic mass is 10.1. The van der Waals surface area contributed by atoms with E-state index in [2.05, 4.69) is 10.6 Å². The van der Waals surface area contributed by atoms with Crippen LogP contribution in [0.3, 0.4) is 0 Å². The van der Waals surface area contributed by atoms with E-state index >= 15 is 0 Å². The van der Waals surface area contributed by atoms with Crippen molar-refractivity contribution in [3.63, 3.8) is 0 Å². The Morgan fingerprint density at radius 2 is 1.81 bits per heavy atom. The summed E-state index contributed by atoms with van der Waals surface area (Å²) < 4.78 is 19.8. The molecule has 2 amide bonds. The van der Waals surface area contributed by atoms with Crippen LogP contribution in [0.1, 0.15) is 13.8 Å². The number of anilines is 1. The highest BCUT2D eigenvalue weighted by atomic mass is 19.1. The lowest BCUT2D eigenvalue weighted by Gasteiger charge is -2.16. The van der Waals surface area contributed by atoms with E-state index in [9.17, 15) is 14.0 Å². The zero-order valence-corrected chi connectivity index (χ0v) is 14.7. The molecule has 7 heteroatoms. The van der Waals surface area contributed by atoms with Gasteiger partial charge in [-0.05, 0) is 30.2 Å². The maximum atomic E-state index is 14.1. The van der Waals surface area contributed by atoms with Gasteiger partial charge in [0.15, 0.2) is 11.6 Å². The van der Waals surface area contributed by atoms with Gasteiger partial charge in [0.2, 0.25) is 11.8 Å². The Balaban J connectivity index is 2.04. The molecule has 2 aromatic carbocycles. The minimum Gasteiger partial charge on any atom is -0.455 e. The van der Waals surface area contributed by atoms with Gasteiger partial charge in [-0.1, -0.05) is 38.1 Å². The second kappa shape index (κ2) is 8.96. The Morgan fingerprint density at radius 3 is 2.46 bits per heavy atom. The summed E-state index contributed by atoms with van der Waals surface area (Å²) in [6.07, 6.45) is 0. The minimum absolute atomic E-state index is 0.0597. The average Bonchev–Trinajstić information content (AvgIpc) is 2.62. The van der Waals surface area contributed by atoms with Crippen LogP contribution in [0.2, 0.25) is 0 Å². The van der Waals surface area contributed by atoms with Gasteiger partial charge in [-0.2, -0.15) is 0 Å². The summed E-state index contributed by atoms with van der Waals surface area (Å²) in [4.78, 5) is 23.9. The fraction of sp³-hybridized carbons (Fsp3) is 0.263. The van der Waals surface area contributed by atoms with Crippen LogP contribution in [0.15, 0.2) is 48.5 Å². The van der Waals surface area contributed by atoms with E-state index in [0.717, 1.165) is 0 Å². The van der Waals surface area contributed by atoms with E-state index in [-0.39, 0.29) is 23.9 Å². The van der Waals surface area contributed by atoms with Crippen LogP contribution >= 0.6 is 0 Å². The molecule has 0 fully saturated rings. The van der Waals surface area contributed by atoms with Crippen LogP contribution in [0.5, 0.6) is 11.5 Å². The molecule has 0 unspecified atom stereocenters. The Bertz CT molecular complexity index is 766. The van der Waals surface area contributed by atoms with Gasteiger partial charge >= 0.3 is 0 Å². The number of nitrogens with one attached hydrogen (secondary N) is 2. The van der Waals surface area contributed by atoms with E-state index in [1.807, 2.05) is 6.07 Å². The summed E-state index contributed by atoms with van der Waals surface area (Å²) in [6, 6.07) is 12.3. The number of amides is 2. The average molecular weight is 359 g/mol. The van der Waals surface area contributed by atoms with Crippen molar-refractivity contribution in [3.8, 4) is 11.5 Å². The fourth-order valence-corrected chi connectivity index (χ4v) is 2.10. The van der Waals surface area contributed by atoms with Crippen molar-refractivity contribution in [3.05, 3.63) is 54.3 Å². The highest BCUT2D eigenvalue weighted by Gasteiger charge is 2.19. The van der Waals surface area contributed by atoms with E-state index in [0.29, 0.717) is 5.75 Å². The summed E-state index contributed by atoms with van der Waals surface area (Å²) in [7, 11) is 0. The molecule has 2 rings (SSSR count). The van der Waals surface area contributed by atoms with Crippen molar-refractivity contribution < 1.29 is 18.7 Å². The molecule has 0 radical (unpaired) electrons. The Labute approximate surface area is 151 Å². The van der Waals surface area contributed by atoms with E-state index in [1.165, 1.54) is 12.1 Å². The first-order valence-electron chi connectivity index (χ1n) is 8.23. The maximum Gasteiger partial charge on any atom is 0.243 e. The molecule has 0 aliphatic rings. The zero-order valence-electron chi connectivity index (χ0n) is 14.7. The number of rotatable bonds is 7. The number of hydrogen-bond donors (Lipinski definition) is 3. The molecule has 26 heavy (non-hydrogen) atoms. The lowest BCUT2D eigenvalue weighted by Crippen LogP contribution is -2.46. The molecule has 0 aromatic heterocycles. The molecule has 0 saturated carbocycles. The molecule has 0 aliphatic carbocycles. The highest BCUT2D eigenvalue weighted by molar-refractivity contribution is 5.96. The number of carbonyl (C=O) groups excluding carboxylic acids is 2. The van der Waals surface area contributed by atoms with Crippen LogP contribution in [0.25, 0.3) is 0 Å². The first kappa shape index (κ1) is 19.4. The molecular formula is C19H22FN3O3. The van der Waals surface area contributed by atoms with Crippen molar-refractivity contribution in [2.24, 2.45) is 11.7 Å². The van der Waals surface area contributed by atoms with Gasteiger partial charge in [-0.25, -0.2) is 4.39 Å². The van der Waals surface area contributed by atoms with Gasteiger partial charge in [-0.3, -0.25) is 9.59 Å². The number of nitrogens with two attached hydrogens (primary N) is 1. The van der Waals surface area contributed by atoms with Gasteiger partial charge in [0, 0.05) is 0 Å². The van der Waals surface area contributed by atoms with Gasteiger partial charge in [-0.15, -0.1) is 0 Å². The largest absolute Gasteiger partial charge is 0.455 e. The molecule has 0 spiro atoms. The third-order valence-corrected chi connectivity index (χ3v) is 3.65. The van der Waals surface area contributed by atoms with Gasteiger partial charge in [0.05, 0.1) is 12.6 Å². The Kier molecular flexibility index (Phi) is 6.68. The maximum absolute atomic E-state index is 14.1. The van der Waals surface area contributed by atoms with Gasteiger partial charge < -0.3 is 21.1 Å². The summed E-state index contributed by atoms with van der Waals surface area (Å²) >= 11 is 0. The SMILES string of the molecule is CC(C)[C@H](N)C(=O)NCC(=O)Nc1c(F)cccc1Oc1ccccc1. The molecule has 0 saturated heterocycles. The van der Waals surface area contributed by atoms with Crippen molar-refractivity contribution in [1.82, 2.24) is 5.32 Å². The fourth-order valence-electron chi connectivity index (χ4n) is 2.10. The molecule has 0 heterocycles. The van der Waals surface area contributed by atoms with Crippen molar-refractivity contribution in [1.29, 1.82) is 0 Å². The second-order valence-electron chi connectivity index (χ2n) is 6.06. The topological polar surface area (TPSA) is 93.5 Å². The zero-order chi connectivity index (χ0) is 19.1. The molecule has 2 aromatic rings. The van der Waals surface area contributed by atoms with Crippen molar-refractivity contribution >= 4 is 17.5 Å². The predicted molar refractivity (Wildman–Crippen MR) is 97.4 cm³/mol. The molecule has 6 nitrogen and oxygen atoms in total. The first-order valence-corrected chi connectivity index (χ1v) is 8.23. The van der Waals surface area contributed by atoms with E-state index in [4.69, 9.17) is 10.5 Å². The highest BCUT2D eigenvalue weighted by Crippen LogP contribution is 2.31. The standard InChI is InChI=1S/C19H22FN3O3/c1-12(2)17(21)19(25)22-11-16(24)23-18-14(20)9-6-10-15(18)26-13-7-4-3-5-8-13/h3-10,12,17H,11,21H2,1-2H3,(H,22,25)(H,23,24)/t17-/m0/s1. The normalized spacial score (nSPS) is 11.7. The Morgan fingerprint density at radius 1 is 1.12 bits per heavy atom. The quantitative estimate of drug-likeness (QED) is 0.708. The summed E-state index contributed by atoms with van der Waals surface area (Å²) in [5, 5.41) is 4.86. The Hall–Kier alpha value is -2.93. The molecule has 138 valence electrons. The van der Waals surface area contributed by atoms with Crippen molar-refractivity contribution in [2.75, 3.05) is 11.9 Å². The third-order valence-electron chi connectivity index (χ3n) is 3.65. The molecule has 4 N–H and O–H groups in total. The second-order valence-corrected chi connectivity index (χ2v) is 6.06. The van der Waals surface area contributed by atoms with Gasteiger partial charge in [0.25, 0.3) is 0 Å². The number of carbonyl (C=O) groups is 2. The number of ether oxygens (including phenoxy) is 1. The van der Waals surface area contributed by atoms with E-state index < -0.39 is 23.7 Å². The van der Waals surface area contributed by atoms with E-state index in [1.54, 1.807) is 44.2 Å². The summed E-state index contributed by atoms with van der Waals surface area (Å²) in [5.41, 5.74) is 5.62. The molecule has 0 aliphatic heterocycles. The minimum atomic E-state index is -0.715.